The molecule has 0 saturated heterocycles. The van der Waals surface area contributed by atoms with Gasteiger partial charge in [0.15, 0.2) is 0 Å². The van der Waals surface area contributed by atoms with Gasteiger partial charge in [-0.2, -0.15) is 0 Å². The number of carboxylic acid groups (broad SMARTS) is 1. The van der Waals surface area contributed by atoms with Crippen LogP contribution in [0, 0.1) is 46.3 Å². The Hall–Kier alpha value is -1.10. The maximum absolute atomic E-state index is 12.2. The van der Waals surface area contributed by atoms with Gasteiger partial charge in [-0.25, -0.2) is 0 Å². The van der Waals surface area contributed by atoms with Gasteiger partial charge in [0, 0.05) is 13.0 Å². The fourth-order valence-electron chi connectivity index (χ4n) is 8.90. The van der Waals surface area contributed by atoms with Gasteiger partial charge in [-0.1, -0.05) is 27.7 Å². The van der Waals surface area contributed by atoms with Crippen LogP contribution < -0.4 is 5.32 Å². The lowest BCUT2D eigenvalue weighted by atomic mass is 9.43. The van der Waals surface area contributed by atoms with Gasteiger partial charge in [-0.05, 0) is 105 Å². The fraction of sp³-hybridized carbons (Fsp3) is 0.926. The first kappa shape index (κ1) is 24.0. The van der Waals surface area contributed by atoms with Gasteiger partial charge in [0.25, 0.3) is 0 Å². The van der Waals surface area contributed by atoms with Gasteiger partial charge in [0.05, 0.1) is 5.92 Å². The van der Waals surface area contributed by atoms with Crippen LogP contribution in [0.1, 0.15) is 92.4 Å². The molecule has 0 aromatic rings. The van der Waals surface area contributed by atoms with Crippen LogP contribution in [0.5, 0.6) is 0 Å². The molecule has 9 atom stereocenters. The summed E-state index contributed by atoms with van der Waals surface area (Å²) in [6.45, 7) is 11.9. The molecule has 4 aliphatic rings. The molecular formula is C27H45NO4. The van der Waals surface area contributed by atoms with Crippen LogP contribution in [0.2, 0.25) is 0 Å². The zero-order valence-electron chi connectivity index (χ0n) is 20.9. The third-order valence-corrected chi connectivity index (χ3v) is 10.3. The molecule has 0 aromatic heterocycles. The number of carbonyl (C=O) groups is 2. The molecule has 0 aromatic carbocycles. The third kappa shape index (κ3) is 4.12. The van der Waals surface area contributed by atoms with Crippen molar-refractivity contribution in [3.63, 3.8) is 0 Å². The normalized spacial score (nSPS) is 45.6. The second-order valence-electron chi connectivity index (χ2n) is 12.5. The number of esters is 1. The summed E-state index contributed by atoms with van der Waals surface area (Å²) in [5, 5.41) is 14.0. The van der Waals surface area contributed by atoms with Crippen molar-refractivity contribution < 1.29 is 19.4 Å². The number of carboxylic acids is 1. The number of hydrogen-bond acceptors (Lipinski definition) is 4. The molecule has 182 valence electrons. The number of ether oxygens (including phenoxy) is 1. The molecule has 5 heteroatoms. The molecule has 0 bridgehead atoms. The Bertz CT molecular complexity index is 722. The van der Waals surface area contributed by atoms with Crippen molar-refractivity contribution in [2.75, 3.05) is 6.54 Å². The number of aliphatic carboxylic acids is 1. The predicted octanol–water partition coefficient (Wildman–Crippen LogP) is 5.28. The molecule has 4 aliphatic carbocycles. The van der Waals surface area contributed by atoms with E-state index in [0.717, 1.165) is 51.5 Å². The highest BCUT2D eigenvalue weighted by atomic mass is 16.5. The van der Waals surface area contributed by atoms with Crippen LogP contribution in [0.3, 0.4) is 0 Å². The number of rotatable bonds is 6. The minimum atomic E-state index is -0.587. The van der Waals surface area contributed by atoms with Crippen molar-refractivity contribution in [1.82, 2.24) is 5.32 Å². The average Bonchev–Trinajstić information content (AvgIpc) is 3.04. The highest BCUT2D eigenvalue weighted by molar-refractivity contribution is 5.71. The van der Waals surface area contributed by atoms with Crippen LogP contribution in [-0.4, -0.2) is 35.7 Å². The zero-order chi connectivity index (χ0) is 23.3. The lowest BCUT2D eigenvalue weighted by Gasteiger charge is -2.63. The van der Waals surface area contributed by atoms with E-state index in [0.29, 0.717) is 35.6 Å². The minimum absolute atomic E-state index is 0.0752. The van der Waals surface area contributed by atoms with E-state index in [4.69, 9.17) is 4.74 Å². The van der Waals surface area contributed by atoms with Crippen molar-refractivity contribution in [3.05, 3.63) is 0 Å². The van der Waals surface area contributed by atoms with Crippen molar-refractivity contribution >= 4 is 11.9 Å². The topological polar surface area (TPSA) is 75.6 Å². The van der Waals surface area contributed by atoms with Gasteiger partial charge in [-0.15, -0.1) is 0 Å². The molecule has 5 nitrogen and oxygen atoms in total. The molecule has 4 rings (SSSR count). The summed E-state index contributed by atoms with van der Waals surface area (Å²) in [7, 11) is 0. The Morgan fingerprint density at radius 3 is 2.50 bits per heavy atom. The average molecular weight is 448 g/mol. The highest BCUT2D eigenvalue weighted by Crippen LogP contribution is 2.67. The van der Waals surface area contributed by atoms with Gasteiger partial charge in [0.1, 0.15) is 6.10 Å². The Kier molecular flexibility index (Phi) is 6.70. The first-order valence-electron chi connectivity index (χ1n) is 13.2. The minimum Gasteiger partial charge on any atom is -0.481 e. The summed E-state index contributed by atoms with van der Waals surface area (Å²) in [6, 6.07) is 0.387. The number of carbonyl (C=O) groups excluding carboxylic acids is 1. The number of hydrogen-bond donors (Lipinski definition) is 2. The van der Waals surface area contributed by atoms with Crippen LogP contribution in [0.25, 0.3) is 0 Å². The second kappa shape index (κ2) is 8.92. The smallest absolute Gasteiger partial charge is 0.307 e. The molecule has 2 N–H and O–H groups in total. The molecule has 4 saturated carbocycles. The van der Waals surface area contributed by atoms with E-state index in [1.807, 2.05) is 0 Å². The first-order chi connectivity index (χ1) is 15.1. The van der Waals surface area contributed by atoms with Gasteiger partial charge < -0.3 is 15.2 Å². The number of fused-ring (bicyclic) bond motifs is 5. The molecule has 32 heavy (non-hydrogen) atoms. The van der Waals surface area contributed by atoms with E-state index >= 15 is 0 Å². The van der Waals surface area contributed by atoms with Gasteiger partial charge >= 0.3 is 11.9 Å². The van der Waals surface area contributed by atoms with E-state index in [2.05, 4.69) is 33.0 Å². The molecule has 0 radical (unpaired) electrons. The molecule has 4 unspecified atom stereocenters. The Morgan fingerprint density at radius 2 is 1.84 bits per heavy atom. The summed E-state index contributed by atoms with van der Waals surface area (Å²) >= 11 is 0. The Labute approximate surface area is 194 Å². The van der Waals surface area contributed by atoms with Crippen molar-refractivity contribution in [2.24, 2.45) is 46.3 Å². The molecular weight excluding hydrogens is 402 g/mol. The quantitative estimate of drug-likeness (QED) is 0.542. The fourth-order valence-corrected chi connectivity index (χ4v) is 8.90. The van der Waals surface area contributed by atoms with Crippen LogP contribution in [0.15, 0.2) is 0 Å². The summed E-state index contributed by atoms with van der Waals surface area (Å²) in [5.74, 6) is 2.05. The van der Waals surface area contributed by atoms with Crippen molar-refractivity contribution in [2.45, 2.75) is 105 Å². The third-order valence-electron chi connectivity index (χ3n) is 10.3. The highest BCUT2D eigenvalue weighted by Gasteiger charge is 2.64. The maximum atomic E-state index is 12.2. The Morgan fingerprint density at radius 1 is 1.09 bits per heavy atom. The standard InChI is InChI=1S/C27H45NO4/c1-16(2)11-13-28-23-15-27(5)21(8-9-22(27)25(30)31)20-7-6-18-14-19(32-17(3)29)10-12-26(18,4)24(20)23/h16,18-24,28H,6-15H2,1-5H3,(H,30,31)/t18?,19?,20-,21-,22?,23?,24-,26-,27-/m0/s1. The van der Waals surface area contributed by atoms with E-state index in [-0.39, 0.29) is 28.8 Å². The summed E-state index contributed by atoms with van der Waals surface area (Å²) in [4.78, 5) is 23.8. The molecule has 0 aliphatic heterocycles. The summed E-state index contributed by atoms with van der Waals surface area (Å²) < 4.78 is 5.65. The predicted molar refractivity (Wildman–Crippen MR) is 125 cm³/mol. The molecule has 0 amide bonds. The van der Waals surface area contributed by atoms with Crippen LogP contribution >= 0.6 is 0 Å². The van der Waals surface area contributed by atoms with Gasteiger partial charge in [0.2, 0.25) is 0 Å². The van der Waals surface area contributed by atoms with Crippen molar-refractivity contribution in [1.29, 1.82) is 0 Å². The Balaban J connectivity index is 1.62. The monoisotopic (exact) mass is 447 g/mol. The lowest BCUT2D eigenvalue weighted by Crippen LogP contribution is -2.62. The molecule has 4 fully saturated rings. The largest absolute Gasteiger partial charge is 0.481 e. The lowest BCUT2D eigenvalue weighted by molar-refractivity contribution is -0.168. The SMILES string of the molecule is CC(=O)OC1CC[C@@]2(C)C(CC[C@@H]3[C@H]2C(NCCC(C)C)C[C@]2(C)C(C(=O)O)CC[C@@H]32)C1. The van der Waals surface area contributed by atoms with Gasteiger partial charge in [-0.3, -0.25) is 9.59 Å². The maximum Gasteiger partial charge on any atom is 0.307 e. The summed E-state index contributed by atoms with van der Waals surface area (Å²) in [6.07, 6.45) is 9.61. The number of nitrogens with one attached hydrogen (secondary N) is 1. The second-order valence-corrected chi connectivity index (χ2v) is 12.5. The van der Waals surface area contributed by atoms with E-state index < -0.39 is 5.97 Å². The summed E-state index contributed by atoms with van der Waals surface area (Å²) in [5.41, 5.74) is 0.151. The molecule has 0 heterocycles. The van der Waals surface area contributed by atoms with E-state index in [1.54, 1.807) is 0 Å². The van der Waals surface area contributed by atoms with E-state index in [1.165, 1.54) is 19.8 Å². The molecule has 0 spiro atoms. The van der Waals surface area contributed by atoms with E-state index in [9.17, 15) is 14.7 Å². The van der Waals surface area contributed by atoms with Crippen LogP contribution in [-0.2, 0) is 14.3 Å². The first-order valence-corrected chi connectivity index (χ1v) is 13.2. The van der Waals surface area contributed by atoms with Crippen LogP contribution in [0.4, 0.5) is 0 Å². The zero-order valence-corrected chi connectivity index (χ0v) is 20.9. The van der Waals surface area contributed by atoms with Crippen molar-refractivity contribution in [3.8, 4) is 0 Å².